The molecule has 0 fully saturated rings. The maximum Gasteiger partial charge on any atom is 0.284 e. The Kier molecular flexibility index (Phi) is 4.50. The zero-order valence-corrected chi connectivity index (χ0v) is 9.91. The number of alkyl halides is 2. The molecule has 0 unspecified atom stereocenters. The van der Waals surface area contributed by atoms with Crippen molar-refractivity contribution in [3.05, 3.63) is 38.3 Å². The normalized spacial score (nSPS) is 10.4. The van der Waals surface area contributed by atoms with Crippen molar-refractivity contribution in [3.8, 4) is 0 Å². The van der Waals surface area contributed by atoms with Crippen molar-refractivity contribution < 1.29 is 18.5 Å². The average Bonchev–Trinajstić information content (AvgIpc) is 2.25. The van der Waals surface area contributed by atoms with Crippen LogP contribution in [0.15, 0.2) is 22.7 Å². The van der Waals surface area contributed by atoms with Crippen LogP contribution in [0.25, 0.3) is 0 Å². The number of hydrogen-bond donors (Lipinski definition) is 1. The van der Waals surface area contributed by atoms with Gasteiger partial charge in [-0.3, -0.25) is 14.9 Å². The number of amides is 1. The molecule has 0 aliphatic rings. The lowest BCUT2D eigenvalue weighted by atomic mass is 10.2. The van der Waals surface area contributed by atoms with Crippen LogP contribution in [0.1, 0.15) is 10.4 Å². The Morgan fingerprint density at radius 3 is 2.71 bits per heavy atom. The van der Waals surface area contributed by atoms with E-state index >= 15 is 0 Å². The van der Waals surface area contributed by atoms with Gasteiger partial charge in [0, 0.05) is 6.07 Å². The summed E-state index contributed by atoms with van der Waals surface area (Å²) < 4.78 is 23.7. The van der Waals surface area contributed by atoms with Crippen LogP contribution in [0.5, 0.6) is 0 Å². The molecule has 1 aromatic carbocycles. The van der Waals surface area contributed by atoms with E-state index < -0.39 is 23.8 Å². The van der Waals surface area contributed by atoms with E-state index in [0.29, 0.717) is 0 Å². The summed E-state index contributed by atoms with van der Waals surface area (Å²) in [5, 5.41) is 12.6. The molecule has 1 aromatic rings. The SMILES string of the molecule is O=C(NCC(F)F)c1cccc([N+](=O)[O-])c1Br. The summed E-state index contributed by atoms with van der Waals surface area (Å²) in [5.41, 5.74) is -0.352. The van der Waals surface area contributed by atoms with Gasteiger partial charge in [0.15, 0.2) is 0 Å². The summed E-state index contributed by atoms with van der Waals surface area (Å²) in [6.45, 7) is -0.798. The van der Waals surface area contributed by atoms with Crippen LogP contribution in [0, 0.1) is 10.1 Å². The van der Waals surface area contributed by atoms with E-state index in [4.69, 9.17) is 0 Å². The van der Waals surface area contributed by atoms with E-state index in [1.807, 2.05) is 5.32 Å². The standard InChI is InChI=1S/C9H7BrF2N2O3/c10-8-5(9(15)13-4-7(11)12)2-1-3-6(8)14(16)17/h1-3,7H,4H2,(H,13,15). The van der Waals surface area contributed by atoms with E-state index in [0.717, 1.165) is 0 Å². The van der Waals surface area contributed by atoms with Crippen molar-refractivity contribution >= 4 is 27.5 Å². The maximum absolute atomic E-state index is 11.9. The summed E-state index contributed by atoms with van der Waals surface area (Å²) in [7, 11) is 0. The highest BCUT2D eigenvalue weighted by atomic mass is 79.9. The third kappa shape index (κ3) is 3.45. The van der Waals surface area contributed by atoms with Crippen molar-refractivity contribution in [3.63, 3.8) is 0 Å². The van der Waals surface area contributed by atoms with Crippen molar-refractivity contribution in [2.24, 2.45) is 0 Å². The van der Waals surface area contributed by atoms with Crippen LogP contribution in [-0.4, -0.2) is 23.8 Å². The fourth-order valence-electron chi connectivity index (χ4n) is 1.10. The number of nitro groups is 1. The first-order valence-corrected chi connectivity index (χ1v) is 5.22. The number of halogens is 3. The number of benzene rings is 1. The largest absolute Gasteiger partial charge is 0.346 e. The van der Waals surface area contributed by atoms with Gasteiger partial charge >= 0.3 is 0 Å². The molecule has 1 amide bonds. The Morgan fingerprint density at radius 1 is 1.53 bits per heavy atom. The second-order valence-electron chi connectivity index (χ2n) is 3.00. The summed E-state index contributed by atoms with van der Waals surface area (Å²) >= 11 is 2.90. The molecule has 0 saturated carbocycles. The van der Waals surface area contributed by atoms with Gasteiger partial charge in [0.2, 0.25) is 0 Å². The van der Waals surface area contributed by atoms with Gasteiger partial charge in [-0.05, 0) is 22.0 Å². The van der Waals surface area contributed by atoms with Crippen molar-refractivity contribution in [1.82, 2.24) is 5.32 Å². The number of nitrogens with one attached hydrogen (secondary N) is 1. The maximum atomic E-state index is 11.9. The lowest BCUT2D eigenvalue weighted by Gasteiger charge is -2.06. The smallest absolute Gasteiger partial charge is 0.284 e. The van der Waals surface area contributed by atoms with E-state index in [1.54, 1.807) is 0 Å². The van der Waals surface area contributed by atoms with Gasteiger partial charge in [-0.1, -0.05) is 6.07 Å². The minimum atomic E-state index is -2.67. The molecular formula is C9H7BrF2N2O3. The second kappa shape index (κ2) is 5.67. The molecule has 1 rings (SSSR count). The molecule has 17 heavy (non-hydrogen) atoms. The monoisotopic (exact) mass is 308 g/mol. The number of carbonyl (C=O) groups excluding carboxylic acids is 1. The van der Waals surface area contributed by atoms with Gasteiger partial charge in [0.05, 0.1) is 17.0 Å². The molecule has 0 atom stereocenters. The van der Waals surface area contributed by atoms with Gasteiger partial charge < -0.3 is 5.32 Å². The van der Waals surface area contributed by atoms with Crippen LogP contribution < -0.4 is 5.32 Å². The topological polar surface area (TPSA) is 72.2 Å². The van der Waals surface area contributed by atoms with Gasteiger partial charge in [-0.25, -0.2) is 8.78 Å². The molecule has 0 heterocycles. The molecule has 0 aliphatic heterocycles. The van der Waals surface area contributed by atoms with Crippen molar-refractivity contribution in [2.45, 2.75) is 6.43 Å². The van der Waals surface area contributed by atoms with Crippen molar-refractivity contribution in [2.75, 3.05) is 6.54 Å². The Labute approximate surface area is 103 Å². The second-order valence-corrected chi connectivity index (χ2v) is 3.79. The Bertz CT molecular complexity index is 454. The minimum absolute atomic E-state index is 0.0308. The van der Waals surface area contributed by atoms with E-state index in [-0.39, 0.29) is 15.7 Å². The Hall–Kier alpha value is -1.57. The Balaban J connectivity index is 2.95. The van der Waals surface area contributed by atoms with Crippen molar-refractivity contribution in [1.29, 1.82) is 0 Å². The quantitative estimate of drug-likeness (QED) is 0.685. The van der Waals surface area contributed by atoms with Crippen LogP contribution in [0.3, 0.4) is 0 Å². The molecule has 0 spiro atoms. The molecule has 0 aliphatic carbocycles. The third-order valence-electron chi connectivity index (χ3n) is 1.84. The predicted molar refractivity (Wildman–Crippen MR) is 59.1 cm³/mol. The summed E-state index contributed by atoms with van der Waals surface area (Å²) in [6, 6.07) is 3.81. The van der Waals surface area contributed by atoms with E-state index in [2.05, 4.69) is 15.9 Å². The Morgan fingerprint density at radius 2 is 2.18 bits per heavy atom. The fourth-order valence-corrected chi connectivity index (χ4v) is 1.69. The summed E-state index contributed by atoms with van der Waals surface area (Å²) in [6.07, 6.45) is -2.67. The molecule has 8 heteroatoms. The van der Waals surface area contributed by atoms with E-state index in [1.165, 1.54) is 18.2 Å². The summed E-state index contributed by atoms with van der Waals surface area (Å²) in [4.78, 5) is 21.4. The fraction of sp³-hybridized carbons (Fsp3) is 0.222. The van der Waals surface area contributed by atoms with Crippen LogP contribution in [0.4, 0.5) is 14.5 Å². The predicted octanol–water partition coefficient (Wildman–Crippen LogP) is 2.35. The zero-order valence-electron chi connectivity index (χ0n) is 8.32. The molecule has 0 radical (unpaired) electrons. The molecule has 5 nitrogen and oxygen atoms in total. The first-order valence-electron chi connectivity index (χ1n) is 4.42. The van der Waals surface area contributed by atoms with Crippen LogP contribution >= 0.6 is 15.9 Å². The lowest BCUT2D eigenvalue weighted by Crippen LogP contribution is -2.28. The van der Waals surface area contributed by atoms with E-state index in [9.17, 15) is 23.7 Å². The molecule has 0 saturated heterocycles. The third-order valence-corrected chi connectivity index (χ3v) is 2.67. The number of rotatable bonds is 4. The van der Waals surface area contributed by atoms with Crippen LogP contribution in [-0.2, 0) is 0 Å². The number of carbonyl (C=O) groups is 1. The van der Waals surface area contributed by atoms with Gasteiger partial charge in [-0.15, -0.1) is 0 Å². The molecular weight excluding hydrogens is 302 g/mol. The molecule has 0 bridgehead atoms. The average molecular weight is 309 g/mol. The summed E-state index contributed by atoms with van der Waals surface area (Å²) in [5.74, 6) is -0.791. The van der Waals surface area contributed by atoms with Gasteiger partial charge in [0.25, 0.3) is 18.0 Å². The molecule has 92 valence electrons. The van der Waals surface area contributed by atoms with Crippen LogP contribution in [0.2, 0.25) is 0 Å². The first-order chi connectivity index (χ1) is 7.93. The highest BCUT2D eigenvalue weighted by molar-refractivity contribution is 9.10. The minimum Gasteiger partial charge on any atom is -0.346 e. The number of nitrogens with zero attached hydrogens (tertiary/aromatic N) is 1. The molecule has 0 aromatic heterocycles. The van der Waals surface area contributed by atoms with Gasteiger partial charge in [0.1, 0.15) is 4.47 Å². The number of nitro benzene ring substituents is 1. The highest BCUT2D eigenvalue weighted by Gasteiger charge is 2.19. The lowest BCUT2D eigenvalue weighted by molar-refractivity contribution is -0.385. The number of hydrogen-bond acceptors (Lipinski definition) is 3. The molecule has 1 N–H and O–H groups in total. The first kappa shape index (κ1) is 13.5. The zero-order chi connectivity index (χ0) is 13.0. The van der Waals surface area contributed by atoms with Gasteiger partial charge in [-0.2, -0.15) is 0 Å². The highest BCUT2D eigenvalue weighted by Crippen LogP contribution is 2.28.